The van der Waals surface area contributed by atoms with Crippen LogP contribution in [-0.4, -0.2) is 9.78 Å². The molecule has 1 aliphatic rings. The third-order valence-corrected chi connectivity index (χ3v) is 3.88. The van der Waals surface area contributed by atoms with Crippen LogP contribution in [0.5, 0.6) is 0 Å². The maximum absolute atomic E-state index is 5.63. The number of rotatable bonds is 5. The molecule has 1 aromatic rings. The Hall–Kier alpha value is -0.870. The Balaban J connectivity index is 1.82. The maximum Gasteiger partial charge on any atom is 0.0807 e. The highest BCUT2D eigenvalue weighted by Gasteiger charge is 2.17. The van der Waals surface area contributed by atoms with Crippen molar-refractivity contribution in [2.75, 3.05) is 0 Å². The minimum absolute atomic E-state index is 0.207. The average molecular weight is 236 g/mol. The molecule has 1 fully saturated rings. The van der Waals surface area contributed by atoms with E-state index in [4.69, 9.17) is 5.84 Å². The van der Waals surface area contributed by atoms with Crippen LogP contribution in [0.4, 0.5) is 0 Å². The lowest BCUT2D eigenvalue weighted by atomic mass is 9.85. The van der Waals surface area contributed by atoms with Crippen molar-refractivity contribution in [2.24, 2.45) is 18.8 Å². The molecule has 4 nitrogen and oxygen atoms in total. The minimum Gasteiger partial charge on any atom is -0.275 e. The Kier molecular flexibility index (Phi) is 4.57. The number of nitrogens with one attached hydrogen (secondary N) is 1. The van der Waals surface area contributed by atoms with E-state index in [2.05, 4.69) is 10.5 Å². The molecule has 0 aliphatic heterocycles. The van der Waals surface area contributed by atoms with E-state index in [9.17, 15) is 0 Å². The fourth-order valence-electron chi connectivity index (χ4n) is 2.81. The van der Waals surface area contributed by atoms with Crippen molar-refractivity contribution in [3.8, 4) is 0 Å². The smallest absolute Gasteiger partial charge is 0.0807 e. The largest absolute Gasteiger partial charge is 0.275 e. The van der Waals surface area contributed by atoms with E-state index in [0.717, 1.165) is 18.0 Å². The zero-order chi connectivity index (χ0) is 12.1. The molecule has 1 saturated carbocycles. The van der Waals surface area contributed by atoms with E-state index in [-0.39, 0.29) is 6.04 Å². The summed E-state index contributed by atoms with van der Waals surface area (Å²) in [5.74, 6) is 6.54. The lowest BCUT2D eigenvalue weighted by Gasteiger charge is -2.23. The second-order valence-electron chi connectivity index (χ2n) is 5.21. The molecule has 0 saturated heterocycles. The minimum atomic E-state index is 0.207. The molecule has 1 heterocycles. The normalized spacial score (nSPS) is 19.4. The van der Waals surface area contributed by atoms with Gasteiger partial charge in [-0.25, -0.2) is 0 Å². The zero-order valence-electron chi connectivity index (χ0n) is 10.7. The molecule has 2 rings (SSSR count). The van der Waals surface area contributed by atoms with E-state index < -0.39 is 0 Å². The first-order valence-electron chi connectivity index (χ1n) is 6.75. The molecule has 0 aromatic carbocycles. The van der Waals surface area contributed by atoms with Gasteiger partial charge in [-0.1, -0.05) is 32.1 Å². The van der Waals surface area contributed by atoms with Gasteiger partial charge in [-0.05, 0) is 24.8 Å². The standard InChI is InChI=1S/C13H24N4/c1-17-10-9-13(16-17)12(15-14)8-7-11-5-3-2-4-6-11/h9-12,15H,2-8,14H2,1H3. The third kappa shape index (κ3) is 3.54. The molecule has 96 valence electrons. The number of hydrazine groups is 1. The topological polar surface area (TPSA) is 55.9 Å². The van der Waals surface area contributed by atoms with Gasteiger partial charge >= 0.3 is 0 Å². The van der Waals surface area contributed by atoms with Crippen LogP contribution in [0.15, 0.2) is 12.3 Å². The molecule has 1 atom stereocenters. The molecular weight excluding hydrogens is 212 g/mol. The number of nitrogens with two attached hydrogens (primary N) is 1. The molecule has 1 aliphatic carbocycles. The highest BCUT2D eigenvalue weighted by atomic mass is 15.3. The van der Waals surface area contributed by atoms with Gasteiger partial charge in [0.2, 0.25) is 0 Å². The van der Waals surface area contributed by atoms with Gasteiger partial charge in [-0.15, -0.1) is 0 Å². The summed E-state index contributed by atoms with van der Waals surface area (Å²) in [5, 5.41) is 4.42. The van der Waals surface area contributed by atoms with Crippen LogP contribution in [0.2, 0.25) is 0 Å². The number of aryl methyl sites for hydroxylation is 1. The summed E-state index contributed by atoms with van der Waals surface area (Å²) in [4.78, 5) is 0. The van der Waals surface area contributed by atoms with E-state index in [1.165, 1.54) is 38.5 Å². The molecule has 4 heteroatoms. The quantitative estimate of drug-likeness (QED) is 0.609. The van der Waals surface area contributed by atoms with Gasteiger partial charge in [0.25, 0.3) is 0 Å². The van der Waals surface area contributed by atoms with Gasteiger partial charge in [0.05, 0.1) is 11.7 Å². The number of nitrogens with zero attached hydrogens (tertiary/aromatic N) is 2. The maximum atomic E-state index is 5.63. The molecule has 1 unspecified atom stereocenters. The van der Waals surface area contributed by atoms with Gasteiger partial charge < -0.3 is 0 Å². The molecular formula is C13H24N4. The third-order valence-electron chi connectivity index (χ3n) is 3.88. The summed E-state index contributed by atoms with van der Waals surface area (Å²) in [5.41, 5.74) is 3.96. The van der Waals surface area contributed by atoms with Crippen molar-refractivity contribution in [2.45, 2.75) is 51.0 Å². The molecule has 0 bridgehead atoms. The predicted molar refractivity (Wildman–Crippen MR) is 69.1 cm³/mol. The van der Waals surface area contributed by atoms with Crippen LogP contribution in [0.1, 0.15) is 56.7 Å². The van der Waals surface area contributed by atoms with Crippen molar-refractivity contribution in [1.29, 1.82) is 0 Å². The Morgan fingerprint density at radius 1 is 1.47 bits per heavy atom. The summed E-state index contributed by atoms with van der Waals surface area (Å²) >= 11 is 0. The lowest BCUT2D eigenvalue weighted by Crippen LogP contribution is -2.29. The van der Waals surface area contributed by atoms with E-state index in [1.54, 1.807) is 0 Å². The monoisotopic (exact) mass is 236 g/mol. The van der Waals surface area contributed by atoms with Crippen LogP contribution in [0.3, 0.4) is 0 Å². The summed E-state index contributed by atoms with van der Waals surface area (Å²) in [6.07, 6.45) is 11.4. The van der Waals surface area contributed by atoms with E-state index in [1.807, 2.05) is 24.0 Å². The number of hydrogen-bond donors (Lipinski definition) is 2. The SMILES string of the molecule is Cn1ccc(C(CCC2CCCCC2)NN)n1. The van der Waals surface area contributed by atoms with E-state index >= 15 is 0 Å². The van der Waals surface area contributed by atoms with Crippen molar-refractivity contribution in [3.05, 3.63) is 18.0 Å². The van der Waals surface area contributed by atoms with Crippen LogP contribution in [0.25, 0.3) is 0 Å². The Bertz CT molecular complexity index is 328. The van der Waals surface area contributed by atoms with Crippen molar-refractivity contribution in [3.63, 3.8) is 0 Å². The first kappa shape index (κ1) is 12.6. The number of aromatic nitrogens is 2. The number of hydrogen-bond acceptors (Lipinski definition) is 3. The fraction of sp³-hybridized carbons (Fsp3) is 0.769. The van der Waals surface area contributed by atoms with Crippen LogP contribution in [0, 0.1) is 5.92 Å². The molecule has 3 N–H and O–H groups in total. The first-order chi connectivity index (χ1) is 8.29. The van der Waals surface area contributed by atoms with Gasteiger partial charge in [0.1, 0.15) is 0 Å². The molecule has 0 radical (unpaired) electrons. The lowest BCUT2D eigenvalue weighted by molar-refractivity contribution is 0.313. The Labute approximate surface area is 104 Å². The molecule has 1 aromatic heterocycles. The Morgan fingerprint density at radius 3 is 2.82 bits per heavy atom. The summed E-state index contributed by atoms with van der Waals surface area (Å²) in [6, 6.07) is 2.25. The molecule has 0 spiro atoms. The summed E-state index contributed by atoms with van der Waals surface area (Å²) in [6.45, 7) is 0. The van der Waals surface area contributed by atoms with Gasteiger partial charge in [0, 0.05) is 13.2 Å². The Morgan fingerprint density at radius 2 is 2.24 bits per heavy atom. The zero-order valence-corrected chi connectivity index (χ0v) is 10.7. The highest BCUT2D eigenvalue weighted by molar-refractivity contribution is 5.04. The predicted octanol–water partition coefficient (Wildman–Crippen LogP) is 2.28. The van der Waals surface area contributed by atoms with Crippen LogP contribution >= 0.6 is 0 Å². The first-order valence-corrected chi connectivity index (χ1v) is 6.75. The van der Waals surface area contributed by atoms with Crippen molar-refractivity contribution < 1.29 is 0 Å². The average Bonchev–Trinajstić information content (AvgIpc) is 2.78. The summed E-state index contributed by atoms with van der Waals surface area (Å²) in [7, 11) is 1.94. The van der Waals surface area contributed by atoms with Crippen molar-refractivity contribution >= 4 is 0 Å². The molecule has 0 amide bonds. The van der Waals surface area contributed by atoms with Crippen LogP contribution < -0.4 is 11.3 Å². The summed E-state index contributed by atoms with van der Waals surface area (Å²) < 4.78 is 1.83. The van der Waals surface area contributed by atoms with Gasteiger partial charge in [-0.3, -0.25) is 16.0 Å². The second kappa shape index (κ2) is 6.17. The second-order valence-corrected chi connectivity index (χ2v) is 5.21. The van der Waals surface area contributed by atoms with Gasteiger partial charge in [0.15, 0.2) is 0 Å². The van der Waals surface area contributed by atoms with E-state index in [0.29, 0.717) is 0 Å². The highest BCUT2D eigenvalue weighted by Crippen LogP contribution is 2.29. The van der Waals surface area contributed by atoms with Crippen molar-refractivity contribution in [1.82, 2.24) is 15.2 Å². The molecule has 17 heavy (non-hydrogen) atoms. The van der Waals surface area contributed by atoms with Gasteiger partial charge in [-0.2, -0.15) is 5.10 Å². The van der Waals surface area contributed by atoms with Crippen LogP contribution in [-0.2, 0) is 7.05 Å². The fourth-order valence-corrected chi connectivity index (χ4v) is 2.81.